The van der Waals surface area contributed by atoms with Crippen LogP contribution in [0.2, 0.25) is 0 Å². The van der Waals surface area contributed by atoms with Gasteiger partial charge in [-0.05, 0) is 13.3 Å². The predicted molar refractivity (Wildman–Crippen MR) is 61.3 cm³/mol. The van der Waals surface area contributed by atoms with Crippen molar-refractivity contribution >= 4 is 12.2 Å². The first-order valence-corrected chi connectivity index (χ1v) is 4.83. The van der Waals surface area contributed by atoms with E-state index in [2.05, 4.69) is 12.2 Å². The summed E-state index contributed by atoms with van der Waals surface area (Å²) in [7, 11) is 1.68. The molecule has 14 heavy (non-hydrogen) atoms. The number of aldehydes is 1. The molecule has 0 bridgehead atoms. The van der Waals surface area contributed by atoms with Gasteiger partial charge in [0, 0.05) is 13.5 Å². The van der Waals surface area contributed by atoms with Crippen LogP contribution in [0, 0.1) is 0 Å². The summed E-state index contributed by atoms with van der Waals surface area (Å²) in [5.41, 5.74) is 0. The van der Waals surface area contributed by atoms with Gasteiger partial charge in [-0.25, -0.2) is 0 Å². The van der Waals surface area contributed by atoms with Crippen LogP contribution in [0.1, 0.15) is 53.4 Å². The molecule has 0 atom stereocenters. The Morgan fingerprint density at radius 3 is 2.14 bits per heavy atom. The first-order valence-electron chi connectivity index (χ1n) is 4.83. The number of hydrogen-bond acceptors (Lipinski definition) is 2. The molecule has 0 rings (SSSR count). The molecule has 86 valence electrons. The Hall–Kier alpha value is -0.860. The van der Waals surface area contributed by atoms with Crippen LogP contribution < -0.4 is 5.32 Å². The van der Waals surface area contributed by atoms with Gasteiger partial charge in [-0.1, -0.05) is 33.6 Å². The highest BCUT2D eigenvalue weighted by atomic mass is 16.1. The van der Waals surface area contributed by atoms with Crippen molar-refractivity contribution in [2.24, 2.45) is 0 Å². The average Bonchev–Trinajstić information content (AvgIpc) is 2.13. The van der Waals surface area contributed by atoms with Crippen LogP contribution in [-0.2, 0) is 9.59 Å². The average molecular weight is 203 g/mol. The summed E-state index contributed by atoms with van der Waals surface area (Å²) < 4.78 is 0. The van der Waals surface area contributed by atoms with E-state index in [1.54, 1.807) is 7.05 Å². The molecule has 0 radical (unpaired) electrons. The molecular weight excluding hydrogens is 178 g/mol. The molecule has 1 amide bonds. The third-order valence-electron chi connectivity index (χ3n) is 1.54. The molecule has 3 heteroatoms. The van der Waals surface area contributed by atoms with E-state index in [0.29, 0.717) is 6.42 Å². The van der Waals surface area contributed by atoms with Gasteiger partial charge in [0.05, 0.1) is 0 Å². The van der Waals surface area contributed by atoms with Crippen LogP contribution >= 0.6 is 0 Å². The second kappa shape index (κ2) is 18.0. The highest BCUT2D eigenvalue weighted by Gasteiger charge is 1.95. The van der Waals surface area contributed by atoms with E-state index < -0.39 is 0 Å². The highest BCUT2D eigenvalue weighted by molar-refractivity contribution is 5.75. The molecular formula is C11H25NO2. The number of carbonyl (C=O) groups is 2. The van der Waals surface area contributed by atoms with Gasteiger partial charge in [0.15, 0.2) is 0 Å². The van der Waals surface area contributed by atoms with Gasteiger partial charge in [0.2, 0.25) is 5.91 Å². The van der Waals surface area contributed by atoms with Crippen LogP contribution in [0.5, 0.6) is 0 Å². The van der Waals surface area contributed by atoms with Crippen LogP contribution in [-0.4, -0.2) is 19.2 Å². The van der Waals surface area contributed by atoms with E-state index >= 15 is 0 Å². The Kier molecular flexibility index (Phi) is 24.3. The van der Waals surface area contributed by atoms with Crippen molar-refractivity contribution in [1.82, 2.24) is 5.32 Å². The number of nitrogens with one attached hydrogen (secondary N) is 1. The summed E-state index contributed by atoms with van der Waals surface area (Å²) in [4.78, 5) is 19.5. The SMILES string of the molecule is C.CC=O.CCCCCCC(=O)NC. The first kappa shape index (κ1) is 18.8. The number of rotatable bonds is 5. The van der Waals surface area contributed by atoms with Gasteiger partial charge >= 0.3 is 0 Å². The zero-order valence-corrected chi connectivity index (χ0v) is 8.93. The molecule has 3 nitrogen and oxygen atoms in total. The van der Waals surface area contributed by atoms with Crippen molar-refractivity contribution < 1.29 is 9.59 Å². The van der Waals surface area contributed by atoms with E-state index in [1.165, 1.54) is 26.2 Å². The monoisotopic (exact) mass is 203 g/mol. The van der Waals surface area contributed by atoms with Gasteiger partial charge in [-0.2, -0.15) is 0 Å². The Morgan fingerprint density at radius 1 is 1.29 bits per heavy atom. The van der Waals surface area contributed by atoms with Crippen molar-refractivity contribution in [3.63, 3.8) is 0 Å². The summed E-state index contributed by atoms with van der Waals surface area (Å²) in [5.74, 6) is 0.163. The number of unbranched alkanes of at least 4 members (excludes halogenated alkanes) is 3. The Balaban J connectivity index is -0.000000267. The number of carbonyl (C=O) groups excluding carboxylic acids is 2. The Morgan fingerprint density at radius 2 is 1.79 bits per heavy atom. The standard InChI is InChI=1S/C8H17NO.C2H4O.CH4/c1-3-4-5-6-7-8(10)9-2;1-2-3;/h3-7H2,1-2H3,(H,9,10);2H,1H3;1H4. The third kappa shape index (κ3) is 22.5. The molecule has 1 N–H and O–H groups in total. The van der Waals surface area contributed by atoms with Gasteiger partial charge in [0.1, 0.15) is 6.29 Å². The lowest BCUT2D eigenvalue weighted by molar-refractivity contribution is -0.120. The lowest BCUT2D eigenvalue weighted by Gasteiger charge is -1.97. The zero-order valence-electron chi connectivity index (χ0n) is 8.93. The van der Waals surface area contributed by atoms with Crippen LogP contribution in [0.15, 0.2) is 0 Å². The normalized spacial score (nSPS) is 7.64. The van der Waals surface area contributed by atoms with Gasteiger partial charge in [-0.15, -0.1) is 0 Å². The molecule has 0 aromatic rings. The summed E-state index contributed by atoms with van der Waals surface area (Å²) >= 11 is 0. The fourth-order valence-corrected chi connectivity index (χ4v) is 0.837. The van der Waals surface area contributed by atoms with E-state index in [0.717, 1.165) is 12.7 Å². The van der Waals surface area contributed by atoms with Crippen LogP contribution in [0.25, 0.3) is 0 Å². The fourth-order valence-electron chi connectivity index (χ4n) is 0.837. The highest BCUT2D eigenvalue weighted by Crippen LogP contribution is 2.01. The molecule has 0 aliphatic carbocycles. The maximum absolute atomic E-state index is 10.7. The van der Waals surface area contributed by atoms with Gasteiger partial charge < -0.3 is 10.1 Å². The van der Waals surface area contributed by atoms with Crippen LogP contribution in [0.3, 0.4) is 0 Å². The van der Waals surface area contributed by atoms with Crippen molar-refractivity contribution in [2.45, 2.75) is 53.4 Å². The van der Waals surface area contributed by atoms with E-state index in [1.807, 2.05) is 0 Å². The van der Waals surface area contributed by atoms with E-state index in [9.17, 15) is 4.79 Å². The summed E-state index contributed by atoms with van der Waals surface area (Å²) in [6.45, 7) is 3.61. The molecule has 0 aromatic heterocycles. The summed E-state index contributed by atoms with van der Waals surface area (Å²) in [6.07, 6.45) is 6.14. The maximum atomic E-state index is 10.7. The molecule has 0 saturated carbocycles. The second-order valence-electron chi connectivity index (χ2n) is 2.72. The van der Waals surface area contributed by atoms with Crippen LogP contribution in [0.4, 0.5) is 0 Å². The Labute approximate surface area is 88.3 Å². The smallest absolute Gasteiger partial charge is 0.219 e. The maximum Gasteiger partial charge on any atom is 0.219 e. The zero-order chi connectivity index (χ0) is 10.5. The lowest BCUT2D eigenvalue weighted by atomic mass is 10.1. The molecule has 0 spiro atoms. The molecule has 0 fully saturated rings. The van der Waals surface area contributed by atoms with Gasteiger partial charge in [0.25, 0.3) is 0 Å². The second-order valence-corrected chi connectivity index (χ2v) is 2.72. The quantitative estimate of drug-likeness (QED) is 0.551. The van der Waals surface area contributed by atoms with Crippen molar-refractivity contribution in [2.75, 3.05) is 7.05 Å². The van der Waals surface area contributed by atoms with E-state index in [-0.39, 0.29) is 13.3 Å². The predicted octanol–water partition coefficient (Wildman–Crippen LogP) is 2.54. The molecule has 0 heterocycles. The summed E-state index contributed by atoms with van der Waals surface area (Å²) in [5, 5.41) is 2.60. The molecule has 0 unspecified atom stereocenters. The molecule has 0 aliphatic rings. The minimum Gasteiger partial charge on any atom is -0.359 e. The third-order valence-corrected chi connectivity index (χ3v) is 1.54. The topological polar surface area (TPSA) is 46.2 Å². The molecule has 0 saturated heterocycles. The Bertz CT molecular complexity index is 124. The largest absolute Gasteiger partial charge is 0.359 e. The van der Waals surface area contributed by atoms with E-state index in [4.69, 9.17) is 4.79 Å². The fraction of sp³-hybridized carbons (Fsp3) is 0.818. The van der Waals surface area contributed by atoms with Gasteiger partial charge in [-0.3, -0.25) is 4.79 Å². The first-order chi connectivity index (χ1) is 6.22. The van der Waals surface area contributed by atoms with Crippen molar-refractivity contribution in [1.29, 1.82) is 0 Å². The number of amides is 1. The van der Waals surface area contributed by atoms with Crippen molar-refractivity contribution in [3.8, 4) is 0 Å². The molecule has 0 aromatic carbocycles. The summed E-state index contributed by atoms with van der Waals surface area (Å²) in [6, 6.07) is 0. The minimum atomic E-state index is 0. The minimum absolute atomic E-state index is 0. The number of hydrogen-bond donors (Lipinski definition) is 1. The van der Waals surface area contributed by atoms with Crippen molar-refractivity contribution in [3.05, 3.63) is 0 Å². The molecule has 0 aliphatic heterocycles. The lowest BCUT2D eigenvalue weighted by Crippen LogP contribution is -2.16.